The second-order valence-electron chi connectivity index (χ2n) is 4.39. The summed E-state index contributed by atoms with van der Waals surface area (Å²) in [7, 11) is 1.64. The fraction of sp³-hybridized carbons (Fsp3) is 0.417. The van der Waals surface area contributed by atoms with Gasteiger partial charge in [-0.05, 0) is 18.6 Å². The number of rotatable bonds is 5. The number of hydrogen-bond acceptors (Lipinski definition) is 5. The minimum absolute atomic E-state index is 0.0225. The molecule has 0 aromatic heterocycles. The maximum atomic E-state index is 11.1. The first kappa shape index (κ1) is 13.1. The van der Waals surface area contributed by atoms with Gasteiger partial charge in [-0.15, -0.1) is 0 Å². The van der Waals surface area contributed by atoms with Crippen molar-refractivity contribution in [1.29, 1.82) is 0 Å². The number of carbonyl (C=O) groups excluding carboxylic acids is 1. The molecule has 1 fully saturated rings. The van der Waals surface area contributed by atoms with E-state index in [1.54, 1.807) is 25.2 Å². The van der Waals surface area contributed by atoms with Gasteiger partial charge in [0.15, 0.2) is 0 Å². The molecule has 0 saturated carbocycles. The van der Waals surface area contributed by atoms with E-state index >= 15 is 0 Å². The van der Waals surface area contributed by atoms with Crippen LogP contribution in [0.25, 0.3) is 0 Å². The molecule has 7 heteroatoms. The van der Waals surface area contributed by atoms with Gasteiger partial charge in [-0.3, -0.25) is 14.9 Å². The third kappa shape index (κ3) is 2.93. The number of benzene rings is 1. The van der Waals surface area contributed by atoms with Gasteiger partial charge in [0, 0.05) is 26.1 Å². The number of hydrogen-bond donors (Lipinski definition) is 3. The van der Waals surface area contributed by atoms with E-state index in [1.165, 1.54) is 0 Å². The molecule has 19 heavy (non-hydrogen) atoms. The molecule has 2 rings (SSSR count). The average Bonchev–Trinajstić information content (AvgIpc) is 2.81. The van der Waals surface area contributed by atoms with E-state index in [9.17, 15) is 14.9 Å². The molecule has 1 aliphatic heterocycles. The fourth-order valence-electron chi connectivity index (χ4n) is 2.15. The number of nitro groups is 1. The maximum absolute atomic E-state index is 11.1. The maximum Gasteiger partial charge on any atom is 0.315 e. The zero-order valence-electron chi connectivity index (χ0n) is 10.6. The van der Waals surface area contributed by atoms with Gasteiger partial charge in [0.1, 0.15) is 11.4 Å². The van der Waals surface area contributed by atoms with E-state index in [0.29, 0.717) is 24.3 Å². The fourth-order valence-corrected chi connectivity index (χ4v) is 2.15. The molecule has 1 aromatic rings. The summed E-state index contributed by atoms with van der Waals surface area (Å²) in [4.78, 5) is 21.8. The number of anilines is 2. The molecule has 0 radical (unpaired) electrons. The molecular formula is C12H16N4O3. The molecule has 0 spiro atoms. The minimum Gasteiger partial charge on any atom is -0.382 e. The first-order valence-corrected chi connectivity index (χ1v) is 6.10. The number of nitro benzene ring substituents is 1. The molecule has 1 aliphatic rings. The highest BCUT2D eigenvalue weighted by Crippen LogP contribution is 2.32. The van der Waals surface area contributed by atoms with Crippen LogP contribution in [0.4, 0.5) is 17.1 Å². The summed E-state index contributed by atoms with van der Waals surface area (Å²) in [5, 5.41) is 19.8. The van der Waals surface area contributed by atoms with Crippen LogP contribution >= 0.6 is 0 Å². The van der Waals surface area contributed by atoms with E-state index in [1.807, 2.05) is 0 Å². The Hall–Kier alpha value is -2.31. The van der Waals surface area contributed by atoms with Gasteiger partial charge in [0.2, 0.25) is 5.91 Å². The Bertz CT molecular complexity index is 504. The number of para-hydroxylation sites is 1. The number of amides is 1. The van der Waals surface area contributed by atoms with Crippen LogP contribution in [0.3, 0.4) is 0 Å². The Morgan fingerprint density at radius 2 is 2.21 bits per heavy atom. The third-order valence-electron chi connectivity index (χ3n) is 3.11. The van der Waals surface area contributed by atoms with E-state index < -0.39 is 4.92 Å². The molecule has 1 unspecified atom stereocenters. The normalized spacial score (nSPS) is 17.9. The van der Waals surface area contributed by atoms with Crippen molar-refractivity contribution < 1.29 is 9.72 Å². The molecule has 3 N–H and O–H groups in total. The predicted molar refractivity (Wildman–Crippen MR) is 72.3 cm³/mol. The summed E-state index contributed by atoms with van der Waals surface area (Å²) in [5.41, 5.74) is 0.942. The largest absolute Gasteiger partial charge is 0.382 e. The number of nitrogens with zero attached hydrogens (tertiary/aromatic N) is 1. The summed E-state index contributed by atoms with van der Waals surface area (Å²) in [6.45, 7) is 0.486. The Morgan fingerprint density at radius 3 is 2.79 bits per heavy atom. The van der Waals surface area contributed by atoms with Crippen molar-refractivity contribution in [2.24, 2.45) is 0 Å². The lowest BCUT2D eigenvalue weighted by molar-refractivity contribution is -0.383. The van der Waals surface area contributed by atoms with E-state index in [2.05, 4.69) is 16.0 Å². The van der Waals surface area contributed by atoms with Gasteiger partial charge < -0.3 is 16.0 Å². The second-order valence-corrected chi connectivity index (χ2v) is 4.39. The average molecular weight is 264 g/mol. The van der Waals surface area contributed by atoms with Crippen molar-refractivity contribution >= 4 is 23.0 Å². The van der Waals surface area contributed by atoms with Crippen LogP contribution in [-0.2, 0) is 4.79 Å². The molecule has 1 amide bonds. The van der Waals surface area contributed by atoms with Crippen LogP contribution in [0.1, 0.15) is 12.8 Å². The monoisotopic (exact) mass is 264 g/mol. The van der Waals surface area contributed by atoms with E-state index in [4.69, 9.17) is 0 Å². The van der Waals surface area contributed by atoms with Gasteiger partial charge >= 0.3 is 5.69 Å². The molecule has 1 heterocycles. The Balaban J connectivity index is 2.11. The van der Waals surface area contributed by atoms with Crippen LogP contribution in [0.15, 0.2) is 18.2 Å². The molecular weight excluding hydrogens is 248 g/mol. The second kappa shape index (κ2) is 5.55. The summed E-state index contributed by atoms with van der Waals surface area (Å²) < 4.78 is 0. The smallest absolute Gasteiger partial charge is 0.315 e. The highest BCUT2D eigenvalue weighted by Gasteiger charge is 2.23. The standard InChI is InChI=1S/C12H16N4O3/c1-13-9-3-2-4-10(12(9)16(18)19)14-7-8-5-6-11(17)15-8/h2-4,8,13-14H,5-7H2,1H3,(H,15,17). The number of carbonyl (C=O) groups is 1. The molecule has 1 saturated heterocycles. The molecule has 1 aromatic carbocycles. The van der Waals surface area contributed by atoms with Gasteiger partial charge in [-0.25, -0.2) is 0 Å². The zero-order valence-corrected chi connectivity index (χ0v) is 10.6. The lowest BCUT2D eigenvalue weighted by Crippen LogP contribution is -2.31. The van der Waals surface area contributed by atoms with Crippen LogP contribution in [0, 0.1) is 10.1 Å². The van der Waals surface area contributed by atoms with E-state index in [-0.39, 0.29) is 17.6 Å². The summed E-state index contributed by atoms with van der Waals surface area (Å²) in [6.07, 6.45) is 1.27. The lowest BCUT2D eigenvalue weighted by Gasteiger charge is -2.13. The molecule has 0 aliphatic carbocycles. The van der Waals surface area contributed by atoms with Gasteiger partial charge in [-0.1, -0.05) is 6.07 Å². The van der Waals surface area contributed by atoms with Crippen molar-refractivity contribution in [2.75, 3.05) is 24.2 Å². The van der Waals surface area contributed by atoms with Gasteiger partial charge in [0.25, 0.3) is 0 Å². The Labute approximate surface area is 110 Å². The van der Waals surface area contributed by atoms with Gasteiger partial charge in [0.05, 0.1) is 4.92 Å². The highest BCUT2D eigenvalue weighted by atomic mass is 16.6. The van der Waals surface area contributed by atoms with Crippen molar-refractivity contribution in [3.8, 4) is 0 Å². The van der Waals surface area contributed by atoms with Crippen molar-refractivity contribution in [3.05, 3.63) is 28.3 Å². The first-order valence-electron chi connectivity index (χ1n) is 6.10. The minimum atomic E-state index is -0.415. The summed E-state index contributed by atoms with van der Waals surface area (Å²) in [5.74, 6) is 0.0327. The Morgan fingerprint density at radius 1 is 1.47 bits per heavy atom. The predicted octanol–water partition coefficient (Wildman–Crippen LogP) is 1.33. The van der Waals surface area contributed by atoms with Crippen LogP contribution in [0.2, 0.25) is 0 Å². The van der Waals surface area contributed by atoms with Crippen LogP contribution in [-0.4, -0.2) is 30.5 Å². The topological polar surface area (TPSA) is 96.3 Å². The van der Waals surface area contributed by atoms with Crippen molar-refractivity contribution in [2.45, 2.75) is 18.9 Å². The SMILES string of the molecule is CNc1cccc(NCC2CCC(=O)N2)c1[N+](=O)[O-]. The summed E-state index contributed by atoms with van der Waals surface area (Å²) >= 11 is 0. The molecule has 1 atom stereocenters. The zero-order chi connectivity index (χ0) is 13.8. The third-order valence-corrected chi connectivity index (χ3v) is 3.11. The van der Waals surface area contributed by atoms with Crippen molar-refractivity contribution in [3.63, 3.8) is 0 Å². The van der Waals surface area contributed by atoms with Crippen LogP contribution in [0.5, 0.6) is 0 Å². The molecule has 102 valence electrons. The van der Waals surface area contributed by atoms with E-state index in [0.717, 1.165) is 6.42 Å². The molecule has 0 bridgehead atoms. The number of nitrogens with one attached hydrogen (secondary N) is 3. The Kier molecular flexibility index (Phi) is 3.84. The first-order chi connectivity index (χ1) is 9.11. The molecule has 7 nitrogen and oxygen atoms in total. The summed E-state index contributed by atoms with van der Waals surface area (Å²) in [6, 6.07) is 5.09. The van der Waals surface area contributed by atoms with Crippen LogP contribution < -0.4 is 16.0 Å². The lowest BCUT2D eigenvalue weighted by atomic mass is 10.2. The highest BCUT2D eigenvalue weighted by molar-refractivity contribution is 5.79. The quantitative estimate of drug-likeness (QED) is 0.550. The van der Waals surface area contributed by atoms with Gasteiger partial charge in [-0.2, -0.15) is 0 Å². The van der Waals surface area contributed by atoms with Crippen molar-refractivity contribution in [1.82, 2.24) is 5.32 Å².